The summed E-state index contributed by atoms with van der Waals surface area (Å²) in [6.07, 6.45) is 7.29. The zero-order valence-corrected chi connectivity index (χ0v) is 15.6. The third-order valence-corrected chi connectivity index (χ3v) is 4.42. The van der Waals surface area contributed by atoms with E-state index in [1.165, 1.54) is 25.7 Å². The maximum Gasteiger partial charge on any atom is 0.339 e. The molecule has 0 aliphatic carbocycles. The van der Waals surface area contributed by atoms with Gasteiger partial charge in [0, 0.05) is 12.0 Å². The van der Waals surface area contributed by atoms with E-state index >= 15 is 0 Å². The molecule has 2 rings (SSSR count). The second kappa shape index (κ2) is 11.2. The number of hydrogen-bond donors (Lipinski definition) is 0. The predicted octanol–water partition coefficient (Wildman–Crippen LogP) is 5.98. The molecule has 0 atom stereocenters. The molecule has 0 fully saturated rings. The molecule has 0 radical (unpaired) electrons. The van der Waals surface area contributed by atoms with Gasteiger partial charge in [0.15, 0.2) is 5.78 Å². The van der Waals surface area contributed by atoms with Crippen molar-refractivity contribution in [2.75, 3.05) is 0 Å². The van der Waals surface area contributed by atoms with E-state index < -0.39 is 5.97 Å². The Labute approximate surface area is 156 Å². The summed E-state index contributed by atoms with van der Waals surface area (Å²) in [6, 6.07) is 16.5. The van der Waals surface area contributed by atoms with Gasteiger partial charge in [0.25, 0.3) is 0 Å². The van der Waals surface area contributed by atoms with Crippen LogP contribution in [-0.2, 0) is 11.3 Å². The van der Waals surface area contributed by atoms with Crippen molar-refractivity contribution in [3.8, 4) is 0 Å². The van der Waals surface area contributed by atoms with Gasteiger partial charge in [0.05, 0.1) is 5.56 Å². The Balaban J connectivity index is 1.89. The Hall–Kier alpha value is -2.42. The zero-order chi connectivity index (χ0) is 18.6. The molecule has 2 aromatic carbocycles. The van der Waals surface area contributed by atoms with Gasteiger partial charge in [-0.25, -0.2) is 4.79 Å². The van der Waals surface area contributed by atoms with Gasteiger partial charge >= 0.3 is 5.97 Å². The van der Waals surface area contributed by atoms with Crippen LogP contribution in [0.5, 0.6) is 0 Å². The highest BCUT2D eigenvalue weighted by molar-refractivity contribution is 6.06. The molecule has 0 unspecified atom stereocenters. The molecule has 0 saturated carbocycles. The lowest BCUT2D eigenvalue weighted by atomic mass is 9.99. The summed E-state index contributed by atoms with van der Waals surface area (Å²) in [7, 11) is 0. The number of carbonyl (C=O) groups is 2. The first kappa shape index (κ1) is 19.9. The second-order valence-corrected chi connectivity index (χ2v) is 6.55. The molecule has 0 heterocycles. The molecule has 0 aromatic heterocycles. The SMILES string of the molecule is CCCCCCCCC(=O)c1ccccc1C(=O)OCc1ccccc1. The van der Waals surface area contributed by atoms with Crippen molar-refractivity contribution in [3.05, 3.63) is 71.3 Å². The first-order chi connectivity index (χ1) is 12.7. The quantitative estimate of drug-likeness (QED) is 0.284. The van der Waals surface area contributed by atoms with Crippen LogP contribution in [0.4, 0.5) is 0 Å². The van der Waals surface area contributed by atoms with Gasteiger partial charge in [-0.2, -0.15) is 0 Å². The van der Waals surface area contributed by atoms with Crippen LogP contribution in [0.3, 0.4) is 0 Å². The first-order valence-corrected chi connectivity index (χ1v) is 9.55. The third-order valence-electron chi connectivity index (χ3n) is 4.42. The highest BCUT2D eigenvalue weighted by Crippen LogP contribution is 2.16. The van der Waals surface area contributed by atoms with E-state index in [0.29, 0.717) is 17.5 Å². The number of ether oxygens (including phenoxy) is 1. The Morgan fingerprint density at radius 1 is 0.769 bits per heavy atom. The number of esters is 1. The number of rotatable bonds is 11. The lowest BCUT2D eigenvalue weighted by Gasteiger charge is -2.09. The fourth-order valence-electron chi connectivity index (χ4n) is 2.91. The van der Waals surface area contributed by atoms with Gasteiger partial charge in [-0.05, 0) is 18.1 Å². The Kier molecular flexibility index (Phi) is 8.61. The molecule has 2 aromatic rings. The Morgan fingerprint density at radius 2 is 1.38 bits per heavy atom. The summed E-state index contributed by atoms with van der Waals surface area (Å²) >= 11 is 0. The van der Waals surface area contributed by atoms with Crippen molar-refractivity contribution in [3.63, 3.8) is 0 Å². The summed E-state index contributed by atoms with van der Waals surface area (Å²) < 4.78 is 5.38. The molecule has 0 amide bonds. The molecule has 0 N–H and O–H groups in total. The molecule has 26 heavy (non-hydrogen) atoms. The van der Waals surface area contributed by atoms with Crippen molar-refractivity contribution >= 4 is 11.8 Å². The minimum Gasteiger partial charge on any atom is -0.457 e. The van der Waals surface area contributed by atoms with E-state index in [2.05, 4.69) is 6.92 Å². The maximum atomic E-state index is 12.5. The van der Waals surface area contributed by atoms with Crippen molar-refractivity contribution in [2.45, 2.75) is 58.5 Å². The number of carbonyl (C=O) groups excluding carboxylic acids is 2. The normalized spacial score (nSPS) is 10.5. The summed E-state index contributed by atoms with van der Waals surface area (Å²) in [4.78, 5) is 24.9. The number of ketones is 1. The summed E-state index contributed by atoms with van der Waals surface area (Å²) in [6.45, 7) is 2.40. The van der Waals surface area contributed by atoms with Gasteiger partial charge in [0.2, 0.25) is 0 Å². The topological polar surface area (TPSA) is 43.4 Å². The van der Waals surface area contributed by atoms with Gasteiger partial charge in [-0.1, -0.05) is 87.6 Å². The Bertz CT molecular complexity index is 692. The monoisotopic (exact) mass is 352 g/mol. The Morgan fingerprint density at radius 3 is 2.12 bits per heavy atom. The fraction of sp³-hybridized carbons (Fsp3) is 0.391. The number of unbranched alkanes of at least 4 members (excludes halogenated alkanes) is 5. The van der Waals surface area contributed by atoms with Crippen LogP contribution in [0.2, 0.25) is 0 Å². The third kappa shape index (κ3) is 6.47. The smallest absolute Gasteiger partial charge is 0.339 e. The lowest BCUT2D eigenvalue weighted by Crippen LogP contribution is -2.12. The van der Waals surface area contributed by atoms with E-state index in [1.54, 1.807) is 24.3 Å². The van der Waals surface area contributed by atoms with Crippen LogP contribution >= 0.6 is 0 Å². The van der Waals surface area contributed by atoms with Crippen molar-refractivity contribution in [1.29, 1.82) is 0 Å². The van der Waals surface area contributed by atoms with Crippen molar-refractivity contribution < 1.29 is 14.3 Å². The number of benzene rings is 2. The molecular weight excluding hydrogens is 324 g/mol. The molecule has 0 saturated heterocycles. The minimum absolute atomic E-state index is 0.0211. The van der Waals surface area contributed by atoms with E-state index in [9.17, 15) is 9.59 Å². The molecule has 138 valence electrons. The maximum absolute atomic E-state index is 12.5. The van der Waals surface area contributed by atoms with E-state index in [-0.39, 0.29) is 12.4 Å². The molecule has 0 spiro atoms. The summed E-state index contributed by atoms with van der Waals surface area (Å²) in [5.74, 6) is -0.423. The zero-order valence-electron chi connectivity index (χ0n) is 15.6. The second-order valence-electron chi connectivity index (χ2n) is 6.55. The molecule has 3 heteroatoms. The summed E-state index contributed by atoms with van der Waals surface area (Å²) in [5, 5.41) is 0. The number of Topliss-reactive ketones (excluding diaryl/α,β-unsaturated/α-hetero) is 1. The van der Waals surface area contributed by atoms with Crippen LogP contribution in [0.25, 0.3) is 0 Å². The van der Waals surface area contributed by atoms with Crippen molar-refractivity contribution in [2.24, 2.45) is 0 Å². The molecule has 0 bridgehead atoms. The molecular formula is C23H28O3. The number of hydrogen-bond acceptors (Lipinski definition) is 3. The molecule has 0 aliphatic heterocycles. The largest absolute Gasteiger partial charge is 0.457 e. The van der Waals surface area contributed by atoms with Gasteiger partial charge in [0.1, 0.15) is 6.61 Å². The average Bonchev–Trinajstić information content (AvgIpc) is 2.69. The fourth-order valence-corrected chi connectivity index (χ4v) is 2.91. The van der Waals surface area contributed by atoms with Gasteiger partial charge in [-0.3, -0.25) is 4.79 Å². The van der Waals surface area contributed by atoms with E-state index in [0.717, 1.165) is 18.4 Å². The van der Waals surface area contributed by atoms with Gasteiger partial charge < -0.3 is 4.74 Å². The summed E-state index contributed by atoms with van der Waals surface area (Å²) in [5.41, 5.74) is 1.76. The van der Waals surface area contributed by atoms with Gasteiger partial charge in [-0.15, -0.1) is 0 Å². The van der Waals surface area contributed by atoms with Crippen LogP contribution in [0, 0.1) is 0 Å². The lowest BCUT2D eigenvalue weighted by molar-refractivity contribution is 0.0469. The molecule has 3 nitrogen and oxygen atoms in total. The van der Waals surface area contributed by atoms with Crippen LogP contribution in [0.15, 0.2) is 54.6 Å². The van der Waals surface area contributed by atoms with Crippen LogP contribution < -0.4 is 0 Å². The van der Waals surface area contributed by atoms with E-state index in [4.69, 9.17) is 4.74 Å². The van der Waals surface area contributed by atoms with E-state index in [1.807, 2.05) is 30.3 Å². The first-order valence-electron chi connectivity index (χ1n) is 9.55. The van der Waals surface area contributed by atoms with Crippen LogP contribution in [0.1, 0.15) is 78.1 Å². The highest BCUT2D eigenvalue weighted by atomic mass is 16.5. The predicted molar refractivity (Wildman–Crippen MR) is 104 cm³/mol. The average molecular weight is 352 g/mol. The van der Waals surface area contributed by atoms with Crippen molar-refractivity contribution in [1.82, 2.24) is 0 Å². The standard InChI is InChI=1S/C23H28O3/c1-2-3-4-5-6-10-17-22(24)20-15-11-12-16-21(20)23(25)26-18-19-13-8-7-9-14-19/h7-9,11-16H,2-6,10,17-18H2,1H3. The van der Waals surface area contributed by atoms with Crippen LogP contribution in [-0.4, -0.2) is 11.8 Å². The highest BCUT2D eigenvalue weighted by Gasteiger charge is 2.17. The minimum atomic E-state index is -0.444. The molecule has 0 aliphatic rings.